The lowest BCUT2D eigenvalue weighted by Gasteiger charge is -2.37. The molecule has 0 bridgehead atoms. The Hall–Kier alpha value is -0.900. The van der Waals surface area contributed by atoms with E-state index in [-0.39, 0.29) is 11.8 Å². The smallest absolute Gasteiger partial charge is 0.261 e. The van der Waals surface area contributed by atoms with Gasteiger partial charge in [0.25, 0.3) is 5.91 Å². The molecule has 0 saturated heterocycles. The summed E-state index contributed by atoms with van der Waals surface area (Å²) in [6.07, 6.45) is 5.99. The first-order valence-electron chi connectivity index (χ1n) is 7.06. The van der Waals surface area contributed by atoms with Gasteiger partial charge in [0.15, 0.2) is 0 Å². The topological polar surface area (TPSA) is 41.8 Å². The van der Waals surface area contributed by atoms with Crippen molar-refractivity contribution in [1.82, 2.24) is 0 Å². The Labute approximate surface area is 118 Å². The van der Waals surface area contributed by atoms with Crippen LogP contribution in [0, 0.1) is 17.3 Å². The maximum Gasteiger partial charge on any atom is 0.261 e. The van der Waals surface area contributed by atoms with E-state index in [4.69, 9.17) is 0 Å². The number of carbonyl (C=O) groups excluding carboxylic acids is 1. The molecule has 3 nitrogen and oxygen atoms in total. The summed E-state index contributed by atoms with van der Waals surface area (Å²) in [6.45, 7) is 6.96. The standard InChI is InChI=1S/C15H20N2OS/c1-4-15(2,3)9-5-6-11-10(7-9)12-13(18)16-8-17-14(12)19-11/h8-9,12H,4-7H2,1-3H3. The molecule has 0 N–H and O–H groups in total. The highest BCUT2D eigenvalue weighted by Crippen LogP contribution is 2.52. The van der Waals surface area contributed by atoms with Gasteiger partial charge in [0.05, 0.1) is 5.04 Å². The molecule has 0 radical (unpaired) electrons. The minimum absolute atomic E-state index is 0.0162. The van der Waals surface area contributed by atoms with Crippen molar-refractivity contribution in [1.29, 1.82) is 0 Å². The summed E-state index contributed by atoms with van der Waals surface area (Å²) in [5.41, 5.74) is 1.67. The van der Waals surface area contributed by atoms with Crippen LogP contribution in [0.25, 0.3) is 0 Å². The van der Waals surface area contributed by atoms with Gasteiger partial charge in [-0.3, -0.25) is 4.79 Å². The molecular weight excluding hydrogens is 256 g/mol. The lowest BCUT2D eigenvalue weighted by Crippen LogP contribution is -2.29. The fraction of sp³-hybridized carbons (Fsp3) is 0.667. The number of carbonyl (C=O) groups is 1. The van der Waals surface area contributed by atoms with Gasteiger partial charge in [0.1, 0.15) is 12.3 Å². The average Bonchev–Trinajstić information content (AvgIpc) is 2.77. The molecule has 0 aromatic carbocycles. The molecule has 1 amide bonds. The van der Waals surface area contributed by atoms with Gasteiger partial charge in [-0.1, -0.05) is 39.0 Å². The third-order valence-corrected chi connectivity index (χ3v) is 6.26. The summed E-state index contributed by atoms with van der Waals surface area (Å²) in [6, 6.07) is 0. The molecule has 1 aliphatic carbocycles. The van der Waals surface area contributed by atoms with Crippen molar-refractivity contribution in [2.75, 3.05) is 0 Å². The van der Waals surface area contributed by atoms with Crippen LogP contribution in [-0.2, 0) is 4.79 Å². The highest BCUT2D eigenvalue weighted by Gasteiger charge is 2.43. The molecule has 0 aromatic rings. The van der Waals surface area contributed by atoms with E-state index in [1.54, 1.807) is 11.8 Å². The van der Waals surface area contributed by atoms with Gasteiger partial charge in [-0.15, -0.1) is 0 Å². The van der Waals surface area contributed by atoms with Gasteiger partial charge in [0.2, 0.25) is 0 Å². The van der Waals surface area contributed by atoms with Crippen molar-refractivity contribution < 1.29 is 4.79 Å². The van der Waals surface area contributed by atoms with E-state index < -0.39 is 0 Å². The number of aliphatic imine (C=N–C) groups is 2. The fourth-order valence-corrected chi connectivity index (χ4v) is 4.47. The molecule has 2 atom stereocenters. The van der Waals surface area contributed by atoms with Crippen molar-refractivity contribution in [3.05, 3.63) is 10.5 Å². The lowest BCUT2D eigenvalue weighted by molar-refractivity contribution is -0.118. The van der Waals surface area contributed by atoms with Crippen molar-refractivity contribution in [3.8, 4) is 0 Å². The lowest BCUT2D eigenvalue weighted by atomic mass is 9.68. The van der Waals surface area contributed by atoms with Crippen molar-refractivity contribution in [2.45, 2.75) is 46.5 Å². The van der Waals surface area contributed by atoms with E-state index in [9.17, 15) is 4.79 Å². The maximum atomic E-state index is 12.0. The monoisotopic (exact) mass is 276 g/mol. The molecule has 0 fully saturated rings. The minimum atomic E-state index is -0.138. The van der Waals surface area contributed by atoms with E-state index in [2.05, 4.69) is 30.8 Å². The van der Waals surface area contributed by atoms with E-state index in [0.717, 1.165) is 17.9 Å². The molecular formula is C15H20N2OS. The van der Waals surface area contributed by atoms with E-state index in [0.29, 0.717) is 11.3 Å². The zero-order valence-corrected chi connectivity index (χ0v) is 12.6. The SMILES string of the molecule is CCC(C)(C)C1CCC2=C(C1)C1C(=O)N=CN=C1S2. The first-order valence-corrected chi connectivity index (χ1v) is 7.88. The zero-order chi connectivity index (χ0) is 13.6. The van der Waals surface area contributed by atoms with Crippen molar-refractivity contribution in [2.24, 2.45) is 27.2 Å². The Morgan fingerprint density at radius 2 is 2.26 bits per heavy atom. The number of thioether (sulfide) groups is 1. The van der Waals surface area contributed by atoms with Gasteiger partial charge in [0, 0.05) is 0 Å². The van der Waals surface area contributed by atoms with Crippen LogP contribution >= 0.6 is 11.8 Å². The quantitative estimate of drug-likeness (QED) is 0.769. The van der Waals surface area contributed by atoms with Crippen LogP contribution in [-0.4, -0.2) is 17.3 Å². The van der Waals surface area contributed by atoms with Crippen molar-refractivity contribution in [3.63, 3.8) is 0 Å². The van der Waals surface area contributed by atoms with Gasteiger partial charge in [-0.05, 0) is 41.1 Å². The highest BCUT2D eigenvalue weighted by molar-refractivity contribution is 8.17. The van der Waals surface area contributed by atoms with Crippen LogP contribution in [0.15, 0.2) is 20.5 Å². The van der Waals surface area contributed by atoms with Crippen LogP contribution < -0.4 is 0 Å². The van der Waals surface area contributed by atoms with Crippen LogP contribution in [0.1, 0.15) is 46.5 Å². The number of rotatable bonds is 2. The number of nitrogens with zero attached hydrogens (tertiary/aromatic N) is 2. The van der Waals surface area contributed by atoms with E-state index >= 15 is 0 Å². The molecule has 3 aliphatic rings. The van der Waals surface area contributed by atoms with Crippen LogP contribution in [0.3, 0.4) is 0 Å². The number of hydrogen-bond donors (Lipinski definition) is 0. The van der Waals surface area contributed by atoms with E-state index in [1.165, 1.54) is 29.7 Å². The number of amides is 1. The van der Waals surface area contributed by atoms with Crippen molar-refractivity contribution >= 4 is 29.1 Å². The van der Waals surface area contributed by atoms with Crippen LogP contribution in [0.5, 0.6) is 0 Å². The number of hydrogen-bond acceptors (Lipinski definition) is 3. The Kier molecular flexibility index (Phi) is 3.16. The van der Waals surface area contributed by atoms with Crippen LogP contribution in [0.2, 0.25) is 0 Å². The second-order valence-corrected chi connectivity index (χ2v) is 7.43. The Morgan fingerprint density at radius 1 is 1.47 bits per heavy atom. The third kappa shape index (κ3) is 2.10. The molecule has 2 aliphatic heterocycles. The van der Waals surface area contributed by atoms with E-state index in [1.807, 2.05) is 0 Å². The second kappa shape index (κ2) is 4.58. The van der Waals surface area contributed by atoms with Crippen LogP contribution in [0.4, 0.5) is 0 Å². The third-order valence-electron chi connectivity index (χ3n) is 5.00. The normalized spacial score (nSPS) is 30.3. The molecule has 3 rings (SSSR count). The largest absolute Gasteiger partial charge is 0.271 e. The summed E-state index contributed by atoms with van der Waals surface area (Å²) in [4.78, 5) is 21.6. The Morgan fingerprint density at radius 3 is 3.00 bits per heavy atom. The molecule has 102 valence electrons. The average molecular weight is 276 g/mol. The molecule has 2 unspecified atom stereocenters. The fourth-order valence-electron chi connectivity index (χ4n) is 3.21. The second-order valence-electron chi connectivity index (χ2n) is 6.32. The first kappa shape index (κ1) is 13.1. The molecule has 2 heterocycles. The summed E-state index contributed by atoms with van der Waals surface area (Å²) in [7, 11) is 0. The summed E-state index contributed by atoms with van der Waals surface area (Å²) in [5, 5.41) is 0.958. The predicted octanol–water partition coefficient (Wildman–Crippen LogP) is 3.81. The van der Waals surface area contributed by atoms with Gasteiger partial charge in [-0.25, -0.2) is 9.98 Å². The number of allylic oxidation sites excluding steroid dienone is 1. The molecule has 0 aromatic heterocycles. The molecule has 0 spiro atoms. The molecule has 19 heavy (non-hydrogen) atoms. The Balaban J connectivity index is 1.88. The maximum absolute atomic E-state index is 12.0. The Bertz CT molecular complexity index is 516. The summed E-state index contributed by atoms with van der Waals surface area (Å²) >= 11 is 1.72. The molecule has 0 saturated carbocycles. The minimum Gasteiger partial charge on any atom is -0.271 e. The van der Waals surface area contributed by atoms with Gasteiger partial charge < -0.3 is 0 Å². The van der Waals surface area contributed by atoms with Gasteiger partial charge in [-0.2, -0.15) is 0 Å². The molecule has 4 heteroatoms. The highest BCUT2D eigenvalue weighted by atomic mass is 32.2. The predicted molar refractivity (Wildman–Crippen MR) is 80.5 cm³/mol. The summed E-state index contributed by atoms with van der Waals surface area (Å²) in [5.74, 6) is 0.521. The first-order chi connectivity index (χ1) is 9.03. The summed E-state index contributed by atoms with van der Waals surface area (Å²) < 4.78 is 0. The van der Waals surface area contributed by atoms with Gasteiger partial charge >= 0.3 is 0 Å². The number of fused-ring (bicyclic) bond motifs is 2. The zero-order valence-electron chi connectivity index (χ0n) is 11.8.